The van der Waals surface area contributed by atoms with Crippen LogP contribution in [0, 0.1) is 5.82 Å². The van der Waals surface area contributed by atoms with Gasteiger partial charge in [0, 0.05) is 5.69 Å². The molecule has 0 aromatic heterocycles. The van der Waals surface area contributed by atoms with Gasteiger partial charge in [0.1, 0.15) is 11.6 Å². The Labute approximate surface area is 123 Å². The van der Waals surface area contributed by atoms with Gasteiger partial charge in [-0.2, -0.15) is 0 Å². The second kappa shape index (κ2) is 5.92. The second-order valence-electron chi connectivity index (χ2n) is 4.00. The molecule has 0 aliphatic rings. The zero-order chi connectivity index (χ0) is 14.7. The molecular formula is C14H12BrFN2O2. The van der Waals surface area contributed by atoms with Gasteiger partial charge < -0.3 is 15.8 Å². The van der Waals surface area contributed by atoms with Gasteiger partial charge in [-0.15, -0.1) is 0 Å². The number of methoxy groups -OCH3 is 1. The highest BCUT2D eigenvalue weighted by molar-refractivity contribution is 9.10. The molecule has 4 nitrogen and oxygen atoms in total. The number of nitrogens with one attached hydrogen (secondary N) is 1. The molecule has 0 spiro atoms. The summed E-state index contributed by atoms with van der Waals surface area (Å²) in [6, 6.07) is 9.21. The summed E-state index contributed by atoms with van der Waals surface area (Å²) in [5.41, 5.74) is 6.69. The zero-order valence-corrected chi connectivity index (χ0v) is 12.2. The van der Waals surface area contributed by atoms with Crippen molar-refractivity contribution in [1.29, 1.82) is 0 Å². The van der Waals surface area contributed by atoms with Crippen LogP contribution in [0.2, 0.25) is 0 Å². The Morgan fingerprint density at radius 3 is 2.75 bits per heavy atom. The largest absolute Gasteiger partial charge is 0.495 e. The van der Waals surface area contributed by atoms with Crippen molar-refractivity contribution in [1.82, 2.24) is 0 Å². The predicted molar refractivity (Wildman–Crippen MR) is 79.5 cm³/mol. The van der Waals surface area contributed by atoms with E-state index in [1.807, 2.05) is 0 Å². The van der Waals surface area contributed by atoms with Crippen LogP contribution in [0.1, 0.15) is 10.4 Å². The van der Waals surface area contributed by atoms with Crippen molar-refractivity contribution in [3.05, 3.63) is 52.3 Å². The van der Waals surface area contributed by atoms with Gasteiger partial charge >= 0.3 is 0 Å². The molecule has 0 heterocycles. The van der Waals surface area contributed by atoms with Crippen molar-refractivity contribution in [2.24, 2.45) is 0 Å². The van der Waals surface area contributed by atoms with Gasteiger partial charge in [0.2, 0.25) is 0 Å². The first-order valence-electron chi connectivity index (χ1n) is 5.72. The van der Waals surface area contributed by atoms with Crippen LogP contribution in [0.3, 0.4) is 0 Å². The lowest BCUT2D eigenvalue weighted by molar-refractivity contribution is 0.102. The van der Waals surface area contributed by atoms with E-state index in [9.17, 15) is 9.18 Å². The normalized spacial score (nSPS) is 10.2. The van der Waals surface area contributed by atoms with E-state index in [2.05, 4.69) is 21.2 Å². The molecule has 2 aromatic carbocycles. The average Bonchev–Trinajstić information content (AvgIpc) is 2.43. The number of halogens is 2. The average molecular weight is 339 g/mol. The number of carbonyl (C=O) groups excluding carboxylic acids is 1. The number of benzene rings is 2. The van der Waals surface area contributed by atoms with Gasteiger partial charge in [-0.05, 0) is 46.3 Å². The number of hydrogen-bond acceptors (Lipinski definition) is 3. The summed E-state index contributed by atoms with van der Waals surface area (Å²) in [6.07, 6.45) is 0. The van der Waals surface area contributed by atoms with Gasteiger partial charge in [0.25, 0.3) is 5.91 Å². The van der Waals surface area contributed by atoms with Crippen molar-refractivity contribution >= 4 is 33.2 Å². The maximum Gasteiger partial charge on any atom is 0.257 e. The molecular weight excluding hydrogens is 327 g/mol. The lowest BCUT2D eigenvalue weighted by Crippen LogP contribution is -2.14. The van der Waals surface area contributed by atoms with E-state index in [0.717, 1.165) is 0 Å². The molecule has 0 aliphatic carbocycles. The fourth-order valence-electron chi connectivity index (χ4n) is 1.69. The second-order valence-corrected chi connectivity index (χ2v) is 4.86. The number of anilines is 2. The van der Waals surface area contributed by atoms with Gasteiger partial charge in [-0.25, -0.2) is 4.39 Å². The molecule has 0 atom stereocenters. The Morgan fingerprint density at radius 1 is 1.35 bits per heavy atom. The standard InChI is InChI=1S/C14H12BrFN2O2/c1-20-12-4-2-3-9(13(12)17)14(19)18-8-5-6-10(15)11(16)7-8/h2-7H,17H2,1H3,(H,18,19). The van der Waals surface area contributed by atoms with Crippen LogP contribution in [-0.4, -0.2) is 13.0 Å². The highest BCUT2D eigenvalue weighted by Crippen LogP contribution is 2.26. The number of hydrogen-bond donors (Lipinski definition) is 2. The number of rotatable bonds is 3. The molecule has 0 bridgehead atoms. The van der Waals surface area contributed by atoms with Crippen molar-refractivity contribution < 1.29 is 13.9 Å². The van der Waals surface area contributed by atoms with Gasteiger partial charge in [-0.1, -0.05) is 6.07 Å². The van der Waals surface area contributed by atoms with Crippen molar-refractivity contribution in [2.75, 3.05) is 18.2 Å². The van der Waals surface area contributed by atoms with E-state index in [1.165, 1.54) is 19.2 Å². The summed E-state index contributed by atoms with van der Waals surface area (Å²) in [6.45, 7) is 0. The Kier molecular flexibility index (Phi) is 4.24. The molecule has 0 saturated heterocycles. The molecule has 6 heteroatoms. The minimum Gasteiger partial charge on any atom is -0.495 e. The smallest absolute Gasteiger partial charge is 0.257 e. The third kappa shape index (κ3) is 2.91. The topological polar surface area (TPSA) is 64.3 Å². The van der Waals surface area contributed by atoms with Crippen molar-refractivity contribution in [2.45, 2.75) is 0 Å². The quantitative estimate of drug-likeness (QED) is 0.842. The van der Waals surface area contributed by atoms with E-state index >= 15 is 0 Å². The Morgan fingerprint density at radius 2 is 2.10 bits per heavy atom. The Hall–Kier alpha value is -2.08. The molecule has 0 aliphatic heterocycles. The van der Waals surface area contributed by atoms with Crippen LogP contribution >= 0.6 is 15.9 Å². The monoisotopic (exact) mass is 338 g/mol. The van der Waals surface area contributed by atoms with Crippen LogP contribution in [0.4, 0.5) is 15.8 Å². The summed E-state index contributed by atoms with van der Waals surface area (Å²) >= 11 is 3.05. The molecule has 0 fully saturated rings. The molecule has 104 valence electrons. The molecule has 1 amide bonds. The minimum atomic E-state index is -0.457. The number of nitrogens with two attached hydrogens (primary N) is 1. The predicted octanol–water partition coefficient (Wildman–Crippen LogP) is 3.43. The lowest BCUT2D eigenvalue weighted by atomic mass is 10.1. The summed E-state index contributed by atoms with van der Waals surface area (Å²) in [5, 5.41) is 2.58. The van der Waals surface area contributed by atoms with Crippen molar-refractivity contribution in [3.8, 4) is 5.75 Å². The van der Waals surface area contributed by atoms with Gasteiger partial charge in [0.05, 0.1) is 22.8 Å². The van der Waals surface area contributed by atoms with E-state index < -0.39 is 11.7 Å². The highest BCUT2D eigenvalue weighted by Gasteiger charge is 2.13. The fourth-order valence-corrected chi connectivity index (χ4v) is 1.94. The third-order valence-electron chi connectivity index (χ3n) is 2.71. The number of ether oxygens (including phenoxy) is 1. The fraction of sp³-hybridized carbons (Fsp3) is 0.0714. The summed E-state index contributed by atoms with van der Waals surface area (Å²) in [7, 11) is 1.47. The third-order valence-corrected chi connectivity index (χ3v) is 3.35. The van der Waals surface area contributed by atoms with Crippen LogP contribution in [0.5, 0.6) is 5.75 Å². The number of para-hydroxylation sites is 1. The van der Waals surface area contributed by atoms with Crippen molar-refractivity contribution in [3.63, 3.8) is 0 Å². The zero-order valence-electron chi connectivity index (χ0n) is 10.6. The lowest BCUT2D eigenvalue weighted by Gasteiger charge is -2.10. The highest BCUT2D eigenvalue weighted by atomic mass is 79.9. The molecule has 0 saturated carbocycles. The number of amides is 1. The Balaban J connectivity index is 2.26. The summed E-state index contributed by atoms with van der Waals surface area (Å²) in [5.74, 6) is -0.468. The first-order chi connectivity index (χ1) is 9.52. The number of carbonyl (C=O) groups is 1. The first-order valence-corrected chi connectivity index (χ1v) is 6.51. The van der Waals surface area contributed by atoms with Crippen LogP contribution in [-0.2, 0) is 0 Å². The van der Waals surface area contributed by atoms with E-state index in [4.69, 9.17) is 10.5 Å². The molecule has 0 radical (unpaired) electrons. The molecule has 0 unspecified atom stereocenters. The minimum absolute atomic E-state index is 0.241. The number of nitrogen functional groups attached to an aromatic ring is 1. The maximum atomic E-state index is 13.4. The molecule has 3 N–H and O–H groups in total. The first kappa shape index (κ1) is 14.3. The Bertz CT molecular complexity index is 662. The van der Waals surface area contributed by atoms with Crippen LogP contribution in [0.15, 0.2) is 40.9 Å². The molecule has 2 rings (SSSR count). The van der Waals surface area contributed by atoms with E-state index in [-0.39, 0.29) is 11.3 Å². The van der Waals surface area contributed by atoms with Crippen LogP contribution in [0.25, 0.3) is 0 Å². The SMILES string of the molecule is COc1cccc(C(=O)Nc2ccc(Br)c(F)c2)c1N. The van der Waals surface area contributed by atoms with E-state index in [0.29, 0.717) is 15.9 Å². The summed E-state index contributed by atoms with van der Waals surface area (Å²) < 4.78 is 18.8. The molecule has 20 heavy (non-hydrogen) atoms. The van der Waals surface area contributed by atoms with Gasteiger partial charge in [0.15, 0.2) is 0 Å². The van der Waals surface area contributed by atoms with E-state index in [1.54, 1.807) is 24.3 Å². The molecule has 2 aromatic rings. The maximum absolute atomic E-state index is 13.4. The van der Waals surface area contributed by atoms with Gasteiger partial charge in [-0.3, -0.25) is 4.79 Å². The summed E-state index contributed by atoms with van der Waals surface area (Å²) in [4.78, 5) is 12.1. The van der Waals surface area contributed by atoms with Crippen LogP contribution < -0.4 is 15.8 Å².